The number of carbonyl (C=O) groups is 2. The van der Waals surface area contributed by atoms with Crippen LogP contribution < -0.4 is 5.32 Å². The largest absolute Gasteiger partial charge is 0.469 e. The molecule has 0 radical (unpaired) electrons. The summed E-state index contributed by atoms with van der Waals surface area (Å²) < 4.78 is 4.89. The Balaban J connectivity index is 1.75. The summed E-state index contributed by atoms with van der Waals surface area (Å²) in [5.41, 5.74) is 0.418. The van der Waals surface area contributed by atoms with E-state index in [1.165, 1.54) is 7.11 Å². The molecule has 6 heteroatoms. The number of H-pyrrole nitrogens is 1. The fourth-order valence-electron chi connectivity index (χ4n) is 3.70. The number of fused-ring (bicyclic) bond motifs is 2. The van der Waals surface area contributed by atoms with Crippen molar-refractivity contribution in [3.05, 3.63) is 23.0 Å². The number of hydrogen-bond donors (Lipinski definition) is 2. The minimum absolute atomic E-state index is 0.129. The molecule has 0 aromatic carbocycles. The van der Waals surface area contributed by atoms with Crippen molar-refractivity contribution in [2.24, 2.45) is 17.8 Å². The standard InChI is InChI=1S/C14H17ClN2O3/c1-20-14(19)11-7-2-3-8(4-7)12(11)17-13(18)10-5-9(15)6-16-10/h5-8,11-12,16H,2-4H2,1H3,(H,17,18)/t7-,8-,11-,12+/m0/s1. The average molecular weight is 297 g/mol. The third kappa shape index (κ3) is 2.20. The van der Waals surface area contributed by atoms with Crippen molar-refractivity contribution in [1.29, 1.82) is 0 Å². The number of aromatic nitrogens is 1. The van der Waals surface area contributed by atoms with Gasteiger partial charge < -0.3 is 15.0 Å². The molecule has 1 aromatic heterocycles. The number of ether oxygens (including phenoxy) is 1. The second-order valence-corrected chi connectivity index (χ2v) is 6.05. The Morgan fingerprint density at radius 1 is 1.40 bits per heavy atom. The van der Waals surface area contributed by atoms with E-state index < -0.39 is 0 Å². The predicted molar refractivity (Wildman–Crippen MR) is 73.4 cm³/mol. The van der Waals surface area contributed by atoms with Gasteiger partial charge in [0, 0.05) is 12.2 Å². The van der Waals surface area contributed by atoms with Crippen molar-refractivity contribution in [2.75, 3.05) is 7.11 Å². The maximum absolute atomic E-state index is 12.2. The molecule has 1 amide bonds. The highest BCUT2D eigenvalue weighted by molar-refractivity contribution is 6.30. The monoisotopic (exact) mass is 296 g/mol. The van der Waals surface area contributed by atoms with Gasteiger partial charge in [-0.05, 0) is 37.2 Å². The molecule has 1 heterocycles. The Labute approximate surface area is 122 Å². The maximum atomic E-state index is 12.2. The summed E-state index contributed by atoms with van der Waals surface area (Å²) in [6, 6.07) is 1.45. The van der Waals surface area contributed by atoms with Crippen LogP contribution in [-0.2, 0) is 9.53 Å². The van der Waals surface area contributed by atoms with Gasteiger partial charge in [0.05, 0.1) is 18.1 Å². The Kier molecular flexibility index (Phi) is 3.46. The van der Waals surface area contributed by atoms with Crippen LogP contribution in [0.3, 0.4) is 0 Å². The molecule has 2 fully saturated rings. The fourth-order valence-corrected chi connectivity index (χ4v) is 3.87. The molecular weight excluding hydrogens is 280 g/mol. The number of aromatic amines is 1. The summed E-state index contributed by atoms with van der Waals surface area (Å²) in [5.74, 6) is 0.0620. The smallest absolute Gasteiger partial charge is 0.311 e. The molecule has 2 N–H and O–H groups in total. The van der Waals surface area contributed by atoms with Gasteiger partial charge in [-0.15, -0.1) is 0 Å². The van der Waals surface area contributed by atoms with Crippen LogP contribution in [0.5, 0.6) is 0 Å². The lowest BCUT2D eigenvalue weighted by Gasteiger charge is -2.29. The number of carbonyl (C=O) groups excluding carboxylic acids is 2. The van der Waals surface area contributed by atoms with E-state index in [2.05, 4.69) is 10.3 Å². The maximum Gasteiger partial charge on any atom is 0.311 e. The molecule has 2 aliphatic rings. The Morgan fingerprint density at radius 2 is 2.15 bits per heavy atom. The van der Waals surface area contributed by atoms with Crippen LogP contribution >= 0.6 is 11.6 Å². The van der Waals surface area contributed by atoms with Crippen molar-refractivity contribution in [3.8, 4) is 0 Å². The molecule has 0 unspecified atom stereocenters. The van der Waals surface area contributed by atoms with Gasteiger partial charge in [-0.3, -0.25) is 9.59 Å². The molecule has 108 valence electrons. The Morgan fingerprint density at radius 3 is 2.80 bits per heavy atom. The lowest BCUT2D eigenvalue weighted by atomic mass is 9.84. The third-order valence-electron chi connectivity index (χ3n) is 4.58. The first kappa shape index (κ1) is 13.5. The van der Waals surface area contributed by atoms with Gasteiger partial charge in [0.25, 0.3) is 5.91 Å². The summed E-state index contributed by atoms with van der Waals surface area (Å²) in [7, 11) is 1.40. The number of hydrogen-bond acceptors (Lipinski definition) is 3. The minimum Gasteiger partial charge on any atom is -0.469 e. The number of methoxy groups -OCH3 is 1. The zero-order valence-electron chi connectivity index (χ0n) is 11.2. The summed E-state index contributed by atoms with van der Waals surface area (Å²) >= 11 is 5.80. The molecule has 1 aromatic rings. The van der Waals surface area contributed by atoms with Crippen LogP contribution in [0, 0.1) is 17.8 Å². The minimum atomic E-state index is -0.219. The van der Waals surface area contributed by atoms with E-state index in [1.807, 2.05) is 0 Å². The molecule has 3 rings (SSSR count). The number of esters is 1. The molecule has 4 atom stereocenters. The van der Waals surface area contributed by atoms with Crippen LogP contribution in [0.1, 0.15) is 29.8 Å². The predicted octanol–water partition coefficient (Wildman–Crippen LogP) is 1.99. The average Bonchev–Trinajstić information content (AvgIpc) is 3.13. The first-order chi connectivity index (χ1) is 9.60. The summed E-state index contributed by atoms with van der Waals surface area (Å²) in [5, 5.41) is 3.47. The number of nitrogens with one attached hydrogen (secondary N) is 2. The van der Waals surface area contributed by atoms with Crippen molar-refractivity contribution in [2.45, 2.75) is 25.3 Å². The second-order valence-electron chi connectivity index (χ2n) is 5.61. The van der Waals surface area contributed by atoms with Crippen molar-refractivity contribution in [3.63, 3.8) is 0 Å². The van der Waals surface area contributed by atoms with Crippen LogP contribution in [0.25, 0.3) is 0 Å². The zero-order valence-corrected chi connectivity index (χ0v) is 11.9. The molecule has 2 saturated carbocycles. The molecule has 2 bridgehead atoms. The highest BCUT2D eigenvalue weighted by Crippen LogP contribution is 2.49. The SMILES string of the molecule is COC(=O)[C@H]1[C@H]2CC[C@@H](C2)[C@H]1NC(=O)c1cc(Cl)c[nH]1. The first-order valence-electron chi connectivity index (χ1n) is 6.82. The summed E-state index contributed by atoms with van der Waals surface area (Å²) in [6.45, 7) is 0. The van der Waals surface area contributed by atoms with Gasteiger partial charge in [-0.25, -0.2) is 0 Å². The fraction of sp³-hybridized carbons (Fsp3) is 0.571. The number of halogens is 1. The molecule has 0 spiro atoms. The van der Waals surface area contributed by atoms with E-state index in [9.17, 15) is 9.59 Å². The van der Waals surface area contributed by atoms with E-state index in [0.717, 1.165) is 19.3 Å². The number of rotatable bonds is 3. The summed E-state index contributed by atoms with van der Waals surface area (Å²) in [4.78, 5) is 26.9. The van der Waals surface area contributed by atoms with E-state index in [1.54, 1.807) is 12.3 Å². The number of amides is 1. The summed E-state index contributed by atoms with van der Waals surface area (Å²) in [6.07, 6.45) is 4.67. The van der Waals surface area contributed by atoms with Crippen LogP contribution in [0.15, 0.2) is 12.3 Å². The highest BCUT2D eigenvalue weighted by Gasteiger charge is 2.52. The van der Waals surface area contributed by atoms with E-state index in [-0.39, 0.29) is 23.8 Å². The van der Waals surface area contributed by atoms with Gasteiger partial charge in [-0.2, -0.15) is 0 Å². The molecule has 20 heavy (non-hydrogen) atoms. The van der Waals surface area contributed by atoms with E-state index >= 15 is 0 Å². The van der Waals surface area contributed by atoms with E-state index in [0.29, 0.717) is 22.6 Å². The van der Waals surface area contributed by atoms with Crippen LogP contribution in [0.4, 0.5) is 0 Å². The van der Waals surface area contributed by atoms with Crippen molar-refractivity contribution in [1.82, 2.24) is 10.3 Å². The normalized spacial score (nSPS) is 31.3. The first-order valence-corrected chi connectivity index (χ1v) is 7.20. The lowest BCUT2D eigenvalue weighted by molar-refractivity contribution is -0.148. The Bertz CT molecular complexity index is 542. The highest BCUT2D eigenvalue weighted by atomic mass is 35.5. The topological polar surface area (TPSA) is 71.2 Å². The Hall–Kier alpha value is -1.49. The van der Waals surface area contributed by atoms with Crippen LogP contribution in [-0.4, -0.2) is 30.0 Å². The van der Waals surface area contributed by atoms with Gasteiger partial charge in [0.2, 0.25) is 0 Å². The van der Waals surface area contributed by atoms with Gasteiger partial charge in [-0.1, -0.05) is 11.6 Å². The zero-order chi connectivity index (χ0) is 14.3. The van der Waals surface area contributed by atoms with Gasteiger partial charge >= 0.3 is 5.97 Å². The van der Waals surface area contributed by atoms with Gasteiger partial charge in [0.15, 0.2) is 0 Å². The van der Waals surface area contributed by atoms with Crippen molar-refractivity contribution >= 4 is 23.5 Å². The lowest BCUT2D eigenvalue weighted by Crippen LogP contribution is -2.47. The molecule has 5 nitrogen and oxygen atoms in total. The molecule has 0 aliphatic heterocycles. The second kappa shape index (κ2) is 5.13. The van der Waals surface area contributed by atoms with Gasteiger partial charge in [0.1, 0.15) is 5.69 Å². The quantitative estimate of drug-likeness (QED) is 0.838. The molecule has 0 saturated heterocycles. The van der Waals surface area contributed by atoms with Crippen molar-refractivity contribution < 1.29 is 14.3 Å². The van der Waals surface area contributed by atoms with Crippen LogP contribution in [0.2, 0.25) is 5.02 Å². The van der Waals surface area contributed by atoms with E-state index in [4.69, 9.17) is 16.3 Å². The molecular formula is C14H17ClN2O3. The third-order valence-corrected chi connectivity index (χ3v) is 4.80. The molecule has 2 aliphatic carbocycles.